The number of fused-ring (bicyclic) bond motifs is 1. The number of benzene rings is 2. The quantitative estimate of drug-likeness (QED) is 0.789. The maximum Gasteiger partial charge on any atom is 0.340 e. The average molecular weight is 405 g/mol. The number of amides is 2. The summed E-state index contributed by atoms with van der Waals surface area (Å²) in [6, 6.07) is 10.8. The zero-order valence-electron chi connectivity index (χ0n) is 13.9. The van der Waals surface area contributed by atoms with Crippen molar-refractivity contribution in [3.05, 3.63) is 63.6 Å². The number of cyclic esters (lactones) is 1. The SMILES string of the molecule is O=C1O[C@@H](N2C(=O)CC[C@H]2C(=O)Nc2cc(Cl)ccc2Cl)c2ccccc21. The van der Waals surface area contributed by atoms with Crippen LogP contribution in [0.25, 0.3) is 0 Å². The average Bonchev–Trinajstić information content (AvgIpc) is 3.18. The summed E-state index contributed by atoms with van der Waals surface area (Å²) in [4.78, 5) is 38.7. The summed E-state index contributed by atoms with van der Waals surface area (Å²) in [5.41, 5.74) is 1.34. The van der Waals surface area contributed by atoms with Gasteiger partial charge in [0.1, 0.15) is 6.04 Å². The molecule has 2 aliphatic heterocycles. The number of carbonyl (C=O) groups excluding carboxylic acids is 3. The van der Waals surface area contributed by atoms with E-state index in [1.165, 1.54) is 11.0 Å². The van der Waals surface area contributed by atoms with E-state index in [1.54, 1.807) is 36.4 Å². The minimum absolute atomic E-state index is 0.192. The largest absolute Gasteiger partial charge is 0.433 e. The fourth-order valence-corrected chi connectivity index (χ4v) is 3.73. The summed E-state index contributed by atoms with van der Waals surface area (Å²) >= 11 is 12.1. The number of rotatable bonds is 3. The van der Waals surface area contributed by atoms with Crippen LogP contribution in [0.15, 0.2) is 42.5 Å². The van der Waals surface area contributed by atoms with Crippen molar-refractivity contribution >= 4 is 46.7 Å². The van der Waals surface area contributed by atoms with E-state index in [0.717, 1.165) is 0 Å². The Morgan fingerprint density at radius 3 is 2.74 bits per heavy atom. The zero-order valence-corrected chi connectivity index (χ0v) is 15.5. The summed E-state index contributed by atoms with van der Waals surface area (Å²) in [6.07, 6.45) is -0.398. The zero-order chi connectivity index (χ0) is 19.1. The van der Waals surface area contributed by atoms with E-state index in [0.29, 0.717) is 33.3 Å². The molecule has 0 aromatic heterocycles. The van der Waals surface area contributed by atoms with Gasteiger partial charge in [-0.05, 0) is 30.7 Å². The highest BCUT2D eigenvalue weighted by molar-refractivity contribution is 6.35. The Morgan fingerprint density at radius 1 is 1.15 bits per heavy atom. The molecule has 2 atom stereocenters. The Hall–Kier alpha value is -2.57. The molecule has 2 aromatic carbocycles. The first-order valence-electron chi connectivity index (χ1n) is 8.32. The highest BCUT2D eigenvalue weighted by Gasteiger charge is 2.46. The first kappa shape index (κ1) is 17.8. The molecular weight excluding hydrogens is 391 g/mol. The third-order valence-corrected chi connectivity index (χ3v) is 5.23. The van der Waals surface area contributed by atoms with Crippen molar-refractivity contribution in [1.29, 1.82) is 0 Å². The minimum atomic E-state index is -0.908. The number of likely N-dealkylation sites (tertiary alicyclic amines) is 1. The number of nitrogens with one attached hydrogen (secondary N) is 1. The molecule has 2 heterocycles. The normalized spacial score (nSPS) is 21.2. The number of ether oxygens (including phenoxy) is 1. The van der Waals surface area contributed by atoms with Gasteiger partial charge in [0.25, 0.3) is 0 Å². The maximum atomic E-state index is 12.8. The van der Waals surface area contributed by atoms with E-state index < -0.39 is 24.1 Å². The van der Waals surface area contributed by atoms with Gasteiger partial charge in [0.05, 0.1) is 16.3 Å². The second-order valence-electron chi connectivity index (χ2n) is 6.31. The molecular formula is C19H14Cl2N2O4. The van der Waals surface area contributed by atoms with Gasteiger partial charge in [0, 0.05) is 17.0 Å². The molecule has 0 aliphatic carbocycles. The van der Waals surface area contributed by atoms with Gasteiger partial charge in [-0.25, -0.2) is 4.79 Å². The molecule has 2 aromatic rings. The molecule has 27 heavy (non-hydrogen) atoms. The number of halogens is 2. The Balaban J connectivity index is 1.62. The summed E-state index contributed by atoms with van der Waals surface area (Å²) in [6.45, 7) is 0. The molecule has 1 N–H and O–H groups in total. The van der Waals surface area contributed by atoms with Crippen molar-refractivity contribution in [3.8, 4) is 0 Å². The van der Waals surface area contributed by atoms with Crippen LogP contribution in [0.3, 0.4) is 0 Å². The molecule has 2 amide bonds. The van der Waals surface area contributed by atoms with Crippen molar-refractivity contribution in [2.45, 2.75) is 25.1 Å². The van der Waals surface area contributed by atoms with Crippen LogP contribution < -0.4 is 5.32 Å². The maximum absolute atomic E-state index is 12.8. The van der Waals surface area contributed by atoms with E-state index >= 15 is 0 Å². The lowest BCUT2D eigenvalue weighted by Gasteiger charge is -2.29. The second-order valence-corrected chi connectivity index (χ2v) is 7.16. The number of nitrogens with zero attached hydrogens (tertiary/aromatic N) is 1. The third kappa shape index (κ3) is 3.15. The Morgan fingerprint density at radius 2 is 1.93 bits per heavy atom. The first-order chi connectivity index (χ1) is 13.0. The molecule has 0 spiro atoms. The van der Waals surface area contributed by atoms with E-state index in [4.69, 9.17) is 27.9 Å². The Bertz CT molecular complexity index is 962. The Labute approximate surface area is 165 Å². The van der Waals surface area contributed by atoms with Gasteiger partial charge in [-0.2, -0.15) is 0 Å². The van der Waals surface area contributed by atoms with Crippen LogP contribution in [-0.4, -0.2) is 28.7 Å². The molecule has 8 heteroatoms. The van der Waals surface area contributed by atoms with Crippen LogP contribution in [0.1, 0.15) is 35.0 Å². The second kappa shape index (κ2) is 6.87. The van der Waals surface area contributed by atoms with Gasteiger partial charge in [0.2, 0.25) is 18.0 Å². The number of anilines is 1. The van der Waals surface area contributed by atoms with E-state index in [-0.39, 0.29) is 12.3 Å². The molecule has 6 nitrogen and oxygen atoms in total. The van der Waals surface area contributed by atoms with Crippen LogP contribution in [-0.2, 0) is 14.3 Å². The van der Waals surface area contributed by atoms with Crippen molar-refractivity contribution < 1.29 is 19.1 Å². The van der Waals surface area contributed by atoms with Crippen LogP contribution in [0.4, 0.5) is 5.69 Å². The van der Waals surface area contributed by atoms with E-state index in [9.17, 15) is 14.4 Å². The molecule has 4 rings (SSSR count). The first-order valence-corrected chi connectivity index (χ1v) is 9.08. The molecule has 0 bridgehead atoms. The number of hydrogen-bond acceptors (Lipinski definition) is 4. The van der Waals surface area contributed by atoms with Gasteiger partial charge < -0.3 is 10.1 Å². The monoisotopic (exact) mass is 404 g/mol. The van der Waals surface area contributed by atoms with Gasteiger partial charge in [-0.3, -0.25) is 14.5 Å². The predicted octanol–water partition coefficient (Wildman–Crippen LogP) is 3.79. The minimum Gasteiger partial charge on any atom is -0.433 e. The van der Waals surface area contributed by atoms with Crippen LogP contribution in [0.2, 0.25) is 10.0 Å². The number of esters is 1. The summed E-state index contributed by atoms with van der Waals surface area (Å²) in [5.74, 6) is -1.17. The summed E-state index contributed by atoms with van der Waals surface area (Å²) in [5, 5.41) is 3.47. The summed E-state index contributed by atoms with van der Waals surface area (Å²) < 4.78 is 5.40. The molecule has 138 valence electrons. The lowest BCUT2D eigenvalue weighted by molar-refractivity contribution is -0.144. The molecule has 0 saturated carbocycles. The van der Waals surface area contributed by atoms with Crippen LogP contribution in [0.5, 0.6) is 0 Å². The fourth-order valence-electron chi connectivity index (χ4n) is 3.40. The molecule has 0 radical (unpaired) electrons. The molecule has 1 fully saturated rings. The van der Waals surface area contributed by atoms with E-state index in [2.05, 4.69) is 5.32 Å². The molecule has 0 unspecified atom stereocenters. The summed E-state index contributed by atoms with van der Waals surface area (Å²) in [7, 11) is 0. The van der Waals surface area contributed by atoms with Crippen molar-refractivity contribution in [3.63, 3.8) is 0 Å². The van der Waals surface area contributed by atoms with Crippen molar-refractivity contribution in [2.24, 2.45) is 0 Å². The highest BCUT2D eigenvalue weighted by Crippen LogP contribution is 2.38. The molecule has 1 saturated heterocycles. The van der Waals surface area contributed by atoms with Gasteiger partial charge >= 0.3 is 5.97 Å². The van der Waals surface area contributed by atoms with Crippen molar-refractivity contribution in [1.82, 2.24) is 4.90 Å². The molecule has 2 aliphatic rings. The number of carbonyl (C=O) groups is 3. The number of hydrogen-bond donors (Lipinski definition) is 1. The lowest BCUT2D eigenvalue weighted by atomic mass is 10.1. The third-order valence-electron chi connectivity index (χ3n) is 4.66. The topological polar surface area (TPSA) is 75.7 Å². The van der Waals surface area contributed by atoms with Crippen LogP contribution in [0, 0.1) is 0 Å². The predicted molar refractivity (Wildman–Crippen MR) is 99.6 cm³/mol. The van der Waals surface area contributed by atoms with Gasteiger partial charge in [0.15, 0.2) is 0 Å². The lowest BCUT2D eigenvalue weighted by Crippen LogP contribution is -2.43. The van der Waals surface area contributed by atoms with Crippen LogP contribution >= 0.6 is 23.2 Å². The van der Waals surface area contributed by atoms with Gasteiger partial charge in [-0.1, -0.05) is 41.4 Å². The van der Waals surface area contributed by atoms with Crippen molar-refractivity contribution in [2.75, 3.05) is 5.32 Å². The van der Waals surface area contributed by atoms with Gasteiger partial charge in [-0.15, -0.1) is 0 Å². The smallest absolute Gasteiger partial charge is 0.340 e. The van der Waals surface area contributed by atoms with E-state index in [1.807, 2.05) is 0 Å². The standard InChI is InChI=1S/C19H14Cl2N2O4/c20-10-5-6-13(21)14(9-10)22-17(25)15-7-8-16(24)23(15)18-11-3-1-2-4-12(11)19(26)27-18/h1-6,9,15,18H,7-8H2,(H,22,25)/t15-,18+/m0/s1. The highest BCUT2D eigenvalue weighted by atomic mass is 35.5. The Kier molecular flexibility index (Phi) is 4.53. The fraction of sp³-hybridized carbons (Fsp3) is 0.211.